The number of hydrogen-bond acceptors (Lipinski definition) is 3. The highest BCUT2D eigenvalue weighted by atomic mass is 19.3. The van der Waals surface area contributed by atoms with Gasteiger partial charge in [0.1, 0.15) is 0 Å². The van der Waals surface area contributed by atoms with Gasteiger partial charge in [0.05, 0.1) is 5.41 Å². The molecule has 1 aliphatic heterocycles. The van der Waals surface area contributed by atoms with E-state index in [-0.39, 0.29) is 44.7 Å². The normalized spacial score (nSPS) is 20.7. The summed E-state index contributed by atoms with van der Waals surface area (Å²) in [6.07, 6.45) is 0.0296. The molecular formula is C30H36F2N2O4. The fourth-order valence-corrected chi connectivity index (χ4v) is 5.68. The van der Waals surface area contributed by atoms with Crippen molar-refractivity contribution in [3.63, 3.8) is 0 Å². The van der Waals surface area contributed by atoms with E-state index in [4.69, 9.17) is 0 Å². The quantitative estimate of drug-likeness (QED) is 0.472. The van der Waals surface area contributed by atoms with Gasteiger partial charge in [-0.1, -0.05) is 44.2 Å². The van der Waals surface area contributed by atoms with Crippen LogP contribution in [0.15, 0.2) is 54.6 Å². The van der Waals surface area contributed by atoms with Gasteiger partial charge in [-0.25, -0.2) is 8.78 Å². The van der Waals surface area contributed by atoms with Crippen LogP contribution >= 0.6 is 0 Å². The van der Waals surface area contributed by atoms with Crippen molar-refractivity contribution in [3.8, 4) is 0 Å². The van der Waals surface area contributed by atoms with Crippen LogP contribution in [0.3, 0.4) is 0 Å². The molecule has 0 aromatic heterocycles. The lowest BCUT2D eigenvalue weighted by Crippen LogP contribution is -2.51. The molecule has 8 heteroatoms. The number of aliphatic carboxylic acids is 1. The zero-order valence-corrected chi connectivity index (χ0v) is 22.0. The Kier molecular flexibility index (Phi) is 8.19. The van der Waals surface area contributed by atoms with Gasteiger partial charge in [0.2, 0.25) is 11.8 Å². The molecule has 6 nitrogen and oxygen atoms in total. The summed E-state index contributed by atoms with van der Waals surface area (Å²) in [5.41, 5.74) is 0.807. The number of carboxylic acids is 1. The van der Waals surface area contributed by atoms with Gasteiger partial charge in [-0.15, -0.1) is 0 Å². The predicted octanol–water partition coefficient (Wildman–Crippen LogP) is 6.12. The van der Waals surface area contributed by atoms with Gasteiger partial charge >= 0.3 is 5.97 Å². The molecule has 1 atom stereocenters. The Labute approximate surface area is 222 Å². The van der Waals surface area contributed by atoms with E-state index in [0.717, 1.165) is 5.56 Å². The summed E-state index contributed by atoms with van der Waals surface area (Å²) in [4.78, 5) is 42.3. The zero-order chi connectivity index (χ0) is 27.5. The van der Waals surface area contributed by atoms with Crippen LogP contribution < -0.4 is 4.90 Å². The van der Waals surface area contributed by atoms with Crippen LogP contribution in [0.5, 0.6) is 0 Å². The summed E-state index contributed by atoms with van der Waals surface area (Å²) in [6, 6.07) is 15.4. The second kappa shape index (κ2) is 11.2. The van der Waals surface area contributed by atoms with Crippen LogP contribution in [0.1, 0.15) is 80.6 Å². The molecule has 2 aliphatic rings. The SMILES string of the molecule is CC(C)c1ccc(C(=O)N2CCC(CC(=O)N(c3ccccc3)C3CCCC(F)(F)C3)(C(=O)O)CC2)cc1. The third-order valence-corrected chi connectivity index (χ3v) is 8.06. The summed E-state index contributed by atoms with van der Waals surface area (Å²) in [6.45, 7) is 4.56. The molecule has 1 aliphatic carbocycles. The van der Waals surface area contributed by atoms with Crippen molar-refractivity contribution in [1.29, 1.82) is 0 Å². The first kappa shape index (κ1) is 27.7. The molecule has 38 heavy (non-hydrogen) atoms. The van der Waals surface area contributed by atoms with E-state index in [1.807, 2.05) is 12.1 Å². The number of carboxylic acid groups (broad SMARTS) is 1. The number of anilines is 1. The van der Waals surface area contributed by atoms with Gasteiger partial charge < -0.3 is 14.9 Å². The third kappa shape index (κ3) is 6.05. The molecule has 204 valence electrons. The van der Waals surface area contributed by atoms with Crippen LogP contribution in [-0.4, -0.2) is 52.8 Å². The van der Waals surface area contributed by atoms with Crippen molar-refractivity contribution in [3.05, 3.63) is 65.7 Å². The van der Waals surface area contributed by atoms with Gasteiger partial charge in [0.15, 0.2) is 0 Å². The minimum Gasteiger partial charge on any atom is -0.481 e. The van der Waals surface area contributed by atoms with E-state index >= 15 is 0 Å². The number of hydrogen-bond donors (Lipinski definition) is 1. The number of carbonyl (C=O) groups is 3. The van der Waals surface area contributed by atoms with Crippen molar-refractivity contribution in [2.24, 2.45) is 5.41 Å². The average molecular weight is 527 g/mol. The second-order valence-corrected chi connectivity index (χ2v) is 11.0. The summed E-state index contributed by atoms with van der Waals surface area (Å²) in [5.74, 6) is -4.24. The number of halogens is 2. The minimum absolute atomic E-state index is 0.118. The van der Waals surface area contributed by atoms with Crippen molar-refractivity contribution < 1.29 is 28.3 Å². The highest BCUT2D eigenvalue weighted by Crippen LogP contribution is 2.40. The maximum Gasteiger partial charge on any atom is 0.310 e. The standard InChI is InChI=1S/C30H36F2N2O4/c1-21(2)22-10-12-23(13-11-22)27(36)33-17-15-29(16-18-33,28(37)38)20-26(35)34(24-7-4-3-5-8-24)25-9-6-14-30(31,32)19-25/h3-5,7-8,10-13,21,25H,6,9,14-20H2,1-2H3,(H,37,38). The van der Waals surface area contributed by atoms with Crippen molar-refractivity contribution in [2.75, 3.05) is 18.0 Å². The fraction of sp³-hybridized carbons (Fsp3) is 0.500. The highest BCUT2D eigenvalue weighted by Gasteiger charge is 2.47. The van der Waals surface area contributed by atoms with Gasteiger partial charge in [-0.3, -0.25) is 14.4 Å². The average Bonchev–Trinajstić information content (AvgIpc) is 2.89. The van der Waals surface area contributed by atoms with E-state index in [0.29, 0.717) is 30.0 Å². The minimum atomic E-state index is -2.86. The Bertz CT molecular complexity index is 1140. The van der Waals surface area contributed by atoms with Gasteiger partial charge in [-0.05, 0) is 61.4 Å². The largest absolute Gasteiger partial charge is 0.481 e. The van der Waals surface area contributed by atoms with Crippen LogP contribution in [-0.2, 0) is 9.59 Å². The molecule has 1 N–H and O–H groups in total. The van der Waals surface area contributed by atoms with Crippen molar-refractivity contribution >= 4 is 23.5 Å². The smallest absolute Gasteiger partial charge is 0.310 e. The summed E-state index contributed by atoms with van der Waals surface area (Å²) in [7, 11) is 0. The zero-order valence-electron chi connectivity index (χ0n) is 22.0. The lowest BCUT2D eigenvalue weighted by atomic mass is 9.75. The molecule has 0 bridgehead atoms. The van der Waals surface area contributed by atoms with Crippen molar-refractivity contribution in [2.45, 2.75) is 76.7 Å². The number of piperidine rings is 1. The Hall–Kier alpha value is -3.29. The number of alkyl halides is 2. The first-order chi connectivity index (χ1) is 18.0. The van der Waals surface area contributed by atoms with Gasteiger partial charge in [0, 0.05) is 49.6 Å². The molecule has 2 fully saturated rings. The molecule has 2 amide bonds. The summed E-state index contributed by atoms with van der Waals surface area (Å²) in [5, 5.41) is 10.2. The number of rotatable bonds is 7. The first-order valence-corrected chi connectivity index (χ1v) is 13.4. The molecule has 2 aromatic carbocycles. The van der Waals surface area contributed by atoms with Crippen molar-refractivity contribution in [1.82, 2.24) is 4.90 Å². The van der Waals surface area contributed by atoms with E-state index in [9.17, 15) is 28.3 Å². The molecule has 1 unspecified atom stereocenters. The van der Waals surface area contributed by atoms with Crippen LogP contribution in [0.4, 0.5) is 14.5 Å². The Balaban J connectivity index is 1.50. The summed E-state index contributed by atoms with van der Waals surface area (Å²) < 4.78 is 28.6. The highest BCUT2D eigenvalue weighted by molar-refractivity contribution is 5.97. The van der Waals surface area contributed by atoms with Crippen LogP contribution in [0.2, 0.25) is 0 Å². The molecule has 1 saturated heterocycles. The molecule has 1 saturated carbocycles. The molecule has 0 radical (unpaired) electrons. The second-order valence-electron chi connectivity index (χ2n) is 11.0. The molecule has 1 heterocycles. The van der Waals surface area contributed by atoms with Gasteiger partial charge in [0.25, 0.3) is 5.91 Å². The van der Waals surface area contributed by atoms with E-state index < -0.39 is 35.7 Å². The maximum atomic E-state index is 14.3. The number of amides is 2. The number of nitrogens with zero attached hydrogens (tertiary/aromatic N) is 2. The van der Waals surface area contributed by atoms with Crippen LogP contribution in [0, 0.1) is 5.41 Å². The van der Waals surface area contributed by atoms with Crippen LogP contribution in [0.25, 0.3) is 0 Å². The molecule has 2 aromatic rings. The lowest BCUT2D eigenvalue weighted by Gasteiger charge is -2.42. The first-order valence-electron chi connectivity index (χ1n) is 13.4. The fourth-order valence-electron chi connectivity index (χ4n) is 5.68. The van der Waals surface area contributed by atoms with E-state index in [1.165, 1.54) is 4.90 Å². The Morgan fingerprint density at radius 1 is 1.00 bits per heavy atom. The summed E-state index contributed by atoms with van der Waals surface area (Å²) >= 11 is 0. The van der Waals surface area contributed by atoms with E-state index in [1.54, 1.807) is 47.4 Å². The lowest BCUT2D eigenvalue weighted by molar-refractivity contribution is -0.154. The third-order valence-electron chi connectivity index (χ3n) is 8.06. The molecule has 0 spiro atoms. The molecule has 4 rings (SSSR count). The number of benzene rings is 2. The Morgan fingerprint density at radius 2 is 1.63 bits per heavy atom. The van der Waals surface area contributed by atoms with E-state index in [2.05, 4.69) is 13.8 Å². The number of likely N-dealkylation sites (tertiary alicyclic amines) is 1. The number of carbonyl (C=O) groups excluding carboxylic acids is 2. The predicted molar refractivity (Wildman–Crippen MR) is 141 cm³/mol. The maximum absolute atomic E-state index is 14.3. The van der Waals surface area contributed by atoms with Gasteiger partial charge in [-0.2, -0.15) is 0 Å². The number of para-hydroxylation sites is 1. The monoisotopic (exact) mass is 526 g/mol. The Morgan fingerprint density at radius 3 is 2.18 bits per heavy atom. The topological polar surface area (TPSA) is 77.9 Å². The molecular weight excluding hydrogens is 490 g/mol.